The third-order valence-corrected chi connectivity index (χ3v) is 12.7. The summed E-state index contributed by atoms with van der Waals surface area (Å²) in [6, 6.07) is 23.8. The van der Waals surface area contributed by atoms with E-state index in [1.54, 1.807) is 24.3 Å². The summed E-state index contributed by atoms with van der Waals surface area (Å²) in [5.41, 5.74) is 8.22. The van der Waals surface area contributed by atoms with Gasteiger partial charge < -0.3 is 44.6 Å². The van der Waals surface area contributed by atoms with E-state index < -0.39 is 22.2 Å². The largest absolute Gasteiger partial charge is 0.481 e. The van der Waals surface area contributed by atoms with Gasteiger partial charge in [-0.1, -0.05) is 53.5 Å². The first-order valence-electron chi connectivity index (χ1n) is 19.7. The van der Waals surface area contributed by atoms with Gasteiger partial charge in [0.25, 0.3) is 0 Å². The van der Waals surface area contributed by atoms with Crippen molar-refractivity contribution in [3.8, 4) is 34.5 Å². The molecule has 0 saturated heterocycles. The second-order valence-electron chi connectivity index (χ2n) is 15.6. The SMILES string of the molecule is Cc1ccc(N)nc1Cl.Cc1ccc(NC(=O)C2(c3ccc4c(c3)OCO4)CC2)nc1Cl.O=C(Cl)C1(c2ccc3c(c2)OCO3)CC1.O=C(O)C1(c2ccc3c(c2)OCO3)CC1. The molecule has 17 heteroatoms. The number of pyridine rings is 2. The Labute approximate surface area is 371 Å². The van der Waals surface area contributed by atoms with Crippen molar-refractivity contribution >= 4 is 63.6 Å². The van der Waals surface area contributed by atoms with Crippen molar-refractivity contribution in [2.24, 2.45) is 0 Å². The van der Waals surface area contributed by atoms with Crippen molar-refractivity contribution in [3.05, 3.63) is 117 Å². The first-order chi connectivity index (χ1) is 29.7. The molecule has 5 aromatic rings. The number of hydrogen-bond donors (Lipinski definition) is 3. The number of amides is 1. The number of aromatic nitrogens is 2. The first kappa shape index (κ1) is 42.7. The minimum atomic E-state index is -0.749. The molecule has 322 valence electrons. The van der Waals surface area contributed by atoms with Gasteiger partial charge >= 0.3 is 5.97 Å². The van der Waals surface area contributed by atoms with Crippen molar-refractivity contribution in [3.63, 3.8) is 0 Å². The van der Waals surface area contributed by atoms with Crippen molar-refractivity contribution < 1.29 is 47.9 Å². The molecule has 0 unspecified atom stereocenters. The maximum atomic E-state index is 12.7. The van der Waals surface area contributed by atoms with Gasteiger partial charge in [0, 0.05) is 0 Å². The summed E-state index contributed by atoms with van der Waals surface area (Å²) < 4.78 is 31.6. The van der Waals surface area contributed by atoms with Gasteiger partial charge in [-0.05, 0) is 140 Å². The molecule has 3 aromatic carbocycles. The van der Waals surface area contributed by atoms with Gasteiger partial charge in [0.1, 0.15) is 21.9 Å². The van der Waals surface area contributed by atoms with Crippen LogP contribution in [0.25, 0.3) is 0 Å². The van der Waals surface area contributed by atoms with Crippen LogP contribution >= 0.6 is 34.8 Å². The molecule has 0 radical (unpaired) electrons. The molecule has 3 fully saturated rings. The molecule has 0 bridgehead atoms. The standard InChI is InChI=1S/C17H15ClN2O3.C11H9ClO3.C11H10O4.C6H7ClN2/c1-10-2-5-14(19-15(10)18)20-16(21)17(6-7-17)11-3-4-12-13(8-11)23-9-22-12;2*12-10(13)11(3-4-11)7-1-2-8-9(5-7)15-6-14-8;1-4-2-3-5(8)9-6(4)7/h2-5,8H,6-7,9H2,1H3,(H,19,20,21);1-2,5H,3-4,6H2;1-2,5H,3-4,6H2,(H,12,13);2-3H,1H3,(H2,8,9). The molecule has 0 spiro atoms. The molecule has 62 heavy (non-hydrogen) atoms. The lowest BCUT2D eigenvalue weighted by atomic mass is 9.94. The highest BCUT2D eigenvalue weighted by molar-refractivity contribution is 6.66. The van der Waals surface area contributed by atoms with Gasteiger partial charge in [-0.2, -0.15) is 0 Å². The smallest absolute Gasteiger partial charge is 0.314 e. The molecule has 4 N–H and O–H groups in total. The van der Waals surface area contributed by atoms with Gasteiger partial charge in [0.2, 0.25) is 31.5 Å². The van der Waals surface area contributed by atoms with E-state index in [-0.39, 0.29) is 31.5 Å². The van der Waals surface area contributed by atoms with Crippen LogP contribution in [0.15, 0.2) is 78.9 Å². The number of carbonyl (C=O) groups is 3. The van der Waals surface area contributed by atoms with E-state index in [9.17, 15) is 14.4 Å². The minimum absolute atomic E-state index is 0.0659. The second-order valence-corrected chi connectivity index (χ2v) is 16.7. The number of ether oxygens (including phenoxy) is 6. The number of anilines is 2. The predicted octanol–water partition coefficient (Wildman–Crippen LogP) is 8.81. The Hall–Kier alpha value is -5.96. The normalized spacial score (nSPS) is 17.4. The molecule has 1 amide bonds. The van der Waals surface area contributed by atoms with Crippen LogP contribution in [-0.2, 0) is 30.6 Å². The number of rotatable bonds is 7. The number of hydrogen-bond acceptors (Lipinski definition) is 12. The Morgan fingerprint density at radius 3 is 1.37 bits per heavy atom. The van der Waals surface area contributed by atoms with E-state index in [0.29, 0.717) is 57.8 Å². The molecular formula is C45H41Cl3N4O10. The summed E-state index contributed by atoms with van der Waals surface area (Å²) in [4.78, 5) is 43.2. The summed E-state index contributed by atoms with van der Waals surface area (Å²) in [5, 5.41) is 12.6. The maximum Gasteiger partial charge on any atom is 0.314 e. The van der Waals surface area contributed by atoms with Crippen molar-refractivity contribution in [1.29, 1.82) is 0 Å². The maximum absolute atomic E-state index is 12.7. The quantitative estimate of drug-likeness (QED) is 0.104. The van der Waals surface area contributed by atoms with Crippen molar-refractivity contribution in [2.45, 2.75) is 68.6 Å². The fourth-order valence-corrected chi connectivity index (χ4v) is 7.77. The summed E-state index contributed by atoms with van der Waals surface area (Å²) in [6.45, 7) is 4.45. The fraction of sp³-hybridized carbons (Fsp3) is 0.311. The predicted molar refractivity (Wildman–Crippen MR) is 230 cm³/mol. The summed E-state index contributed by atoms with van der Waals surface area (Å²) >= 11 is 17.2. The number of halogens is 3. The van der Waals surface area contributed by atoms with Gasteiger partial charge in [-0.3, -0.25) is 14.4 Å². The number of aliphatic carboxylic acids is 1. The Bertz CT molecular complexity index is 2490. The summed E-state index contributed by atoms with van der Waals surface area (Å²) in [5.74, 6) is 4.32. The fourth-order valence-electron chi connectivity index (χ4n) is 7.16. The molecule has 6 aliphatic rings. The highest BCUT2D eigenvalue weighted by atomic mass is 35.5. The number of aryl methyl sites for hydroxylation is 2. The third-order valence-electron chi connectivity index (χ3n) is 11.6. The monoisotopic (exact) mass is 902 g/mol. The van der Waals surface area contributed by atoms with E-state index in [1.807, 2.05) is 68.4 Å². The van der Waals surface area contributed by atoms with E-state index in [0.717, 1.165) is 65.0 Å². The second kappa shape index (κ2) is 17.1. The average Bonchev–Trinajstić information content (AvgIpc) is 4.23. The zero-order valence-electron chi connectivity index (χ0n) is 33.6. The number of nitrogens with one attached hydrogen (secondary N) is 1. The Morgan fingerprint density at radius 2 is 0.984 bits per heavy atom. The average molecular weight is 904 g/mol. The molecule has 14 nitrogen and oxygen atoms in total. The van der Waals surface area contributed by atoms with Crippen LogP contribution in [-0.4, -0.2) is 52.6 Å². The molecule has 3 saturated carbocycles. The van der Waals surface area contributed by atoms with Crippen LogP contribution in [0.2, 0.25) is 10.3 Å². The van der Waals surface area contributed by atoms with E-state index in [4.69, 9.17) is 74.1 Å². The van der Waals surface area contributed by atoms with Crippen molar-refractivity contribution in [1.82, 2.24) is 9.97 Å². The lowest BCUT2D eigenvalue weighted by molar-refractivity contribution is -0.140. The number of carboxylic acids is 1. The van der Waals surface area contributed by atoms with Crippen LogP contribution in [0.1, 0.15) is 66.3 Å². The zero-order valence-corrected chi connectivity index (χ0v) is 35.9. The first-order valence-corrected chi connectivity index (χ1v) is 20.8. The van der Waals surface area contributed by atoms with E-state index >= 15 is 0 Å². The number of nitrogens with two attached hydrogens (primary N) is 1. The molecule has 5 heterocycles. The number of benzene rings is 3. The third kappa shape index (κ3) is 8.72. The lowest BCUT2D eigenvalue weighted by Gasteiger charge is -2.16. The summed E-state index contributed by atoms with van der Waals surface area (Å²) in [7, 11) is 0. The van der Waals surface area contributed by atoms with E-state index in [1.165, 1.54) is 0 Å². The highest BCUT2D eigenvalue weighted by Crippen LogP contribution is 2.53. The molecule has 0 atom stereocenters. The molecule has 2 aromatic heterocycles. The van der Waals surface area contributed by atoms with Crippen molar-refractivity contribution in [2.75, 3.05) is 31.4 Å². The Balaban J connectivity index is 0.000000120. The Kier molecular flexibility index (Phi) is 11.8. The molecule has 3 aliphatic carbocycles. The minimum Gasteiger partial charge on any atom is -0.481 e. The number of nitrogen functional groups attached to an aromatic ring is 1. The van der Waals surface area contributed by atoms with E-state index in [2.05, 4.69) is 15.3 Å². The number of fused-ring (bicyclic) bond motifs is 3. The number of carboxylic acid groups (broad SMARTS) is 1. The number of nitrogens with zero attached hydrogens (tertiary/aromatic N) is 2. The van der Waals surface area contributed by atoms with Crippen LogP contribution < -0.4 is 39.5 Å². The molecule has 3 aliphatic heterocycles. The number of carbonyl (C=O) groups excluding carboxylic acids is 2. The van der Waals surface area contributed by atoms with Gasteiger partial charge in [-0.25, -0.2) is 9.97 Å². The molecule has 11 rings (SSSR count). The Morgan fingerprint density at radius 1 is 0.581 bits per heavy atom. The van der Waals surface area contributed by atoms with Crippen LogP contribution in [0.3, 0.4) is 0 Å². The summed E-state index contributed by atoms with van der Waals surface area (Å²) in [6.07, 6.45) is 4.68. The zero-order chi connectivity index (χ0) is 43.8. The van der Waals surface area contributed by atoms with Gasteiger partial charge in [0.05, 0.1) is 16.2 Å². The van der Waals surface area contributed by atoms with Crippen LogP contribution in [0.5, 0.6) is 34.5 Å². The van der Waals surface area contributed by atoms with Gasteiger partial charge in [0.15, 0.2) is 34.5 Å². The van der Waals surface area contributed by atoms with Crippen LogP contribution in [0, 0.1) is 13.8 Å². The topological polar surface area (TPSA) is 191 Å². The highest BCUT2D eigenvalue weighted by Gasteiger charge is 2.53. The van der Waals surface area contributed by atoms with Gasteiger partial charge in [-0.15, -0.1) is 0 Å². The van der Waals surface area contributed by atoms with Crippen LogP contribution in [0.4, 0.5) is 11.6 Å². The molecular weight excluding hydrogens is 863 g/mol. The lowest BCUT2D eigenvalue weighted by Crippen LogP contribution is -2.28.